The Kier molecular flexibility index (Phi) is 5.02. The fourth-order valence-corrected chi connectivity index (χ4v) is 4.17. The lowest BCUT2D eigenvalue weighted by Crippen LogP contribution is -2.44. The molecule has 1 fully saturated rings. The molecule has 138 valence electrons. The van der Waals surface area contributed by atoms with Crippen LogP contribution in [0.3, 0.4) is 0 Å². The van der Waals surface area contributed by atoms with Crippen molar-refractivity contribution < 1.29 is 9.53 Å². The lowest BCUT2D eigenvalue weighted by Gasteiger charge is -2.36. The van der Waals surface area contributed by atoms with Crippen LogP contribution in [0.5, 0.6) is 0 Å². The topological polar surface area (TPSA) is 60.2 Å². The van der Waals surface area contributed by atoms with Crippen LogP contribution in [0.4, 0.5) is 0 Å². The summed E-state index contributed by atoms with van der Waals surface area (Å²) >= 11 is 0. The van der Waals surface area contributed by atoms with Gasteiger partial charge in [0.15, 0.2) is 0 Å². The van der Waals surface area contributed by atoms with E-state index in [1.807, 2.05) is 34.8 Å². The molecule has 1 amide bonds. The summed E-state index contributed by atoms with van der Waals surface area (Å²) in [5, 5.41) is 8.54. The van der Waals surface area contributed by atoms with E-state index in [9.17, 15) is 4.79 Å². The summed E-state index contributed by atoms with van der Waals surface area (Å²) in [4.78, 5) is 15.1. The molecule has 1 saturated carbocycles. The number of hydrogen-bond acceptors (Lipinski definition) is 4. The maximum Gasteiger partial charge on any atom is 0.226 e. The molecule has 0 N–H and O–H groups in total. The second-order valence-electron chi connectivity index (χ2n) is 7.32. The second-order valence-corrected chi connectivity index (χ2v) is 7.32. The van der Waals surface area contributed by atoms with Crippen LogP contribution >= 0.6 is 0 Å². The molecule has 1 aliphatic carbocycles. The summed E-state index contributed by atoms with van der Waals surface area (Å²) in [6.45, 7) is 1.72. The molecule has 6 nitrogen and oxygen atoms in total. The molecule has 2 aromatic rings. The number of aromatic nitrogens is 3. The van der Waals surface area contributed by atoms with E-state index in [2.05, 4.69) is 22.4 Å². The number of fused-ring (bicyclic) bond motifs is 1. The molecule has 0 radical (unpaired) electrons. The maximum absolute atomic E-state index is 13.1. The zero-order valence-corrected chi connectivity index (χ0v) is 15.3. The van der Waals surface area contributed by atoms with Gasteiger partial charge in [0.05, 0.1) is 18.9 Å². The summed E-state index contributed by atoms with van der Waals surface area (Å²) in [7, 11) is 1.92. The van der Waals surface area contributed by atoms with Crippen LogP contribution in [0.1, 0.15) is 48.7 Å². The van der Waals surface area contributed by atoms with Gasteiger partial charge in [-0.25, -0.2) is 0 Å². The fourth-order valence-electron chi connectivity index (χ4n) is 4.17. The van der Waals surface area contributed by atoms with Gasteiger partial charge in [0.2, 0.25) is 5.91 Å². The van der Waals surface area contributed by atoms with Gasteiger partial charge in [-0.15, -0.1) is 5.10 Å². The number of amides is 1. The largest absolute Gasteiger partial charge is 0.374 e. The average molecular weight is 354 g/mol. The smallest absolute Gasteiger partial charge is 0.226 e. The number of ether oxygens (including phenoxy) is 1. The minimum Gasteiger partial charge on any atom is -0.374 e. The van der Waals surface area contributed by atoms with Crippen LogP contribution in [0.25, 0.3) is 0 Å². The molecule has 2 aliphatic rings. The average Bonchev–Trinajstić information content (AvgIpc) is 3.33. The zero-order chi connectivity index (χ0) is 17.9. The van der Waals surface area contributed by atoms with Crippen molar-refractivity contribution >= 4 is 5.91 Å². The third kappa shape index (κ3) is 3.38. The van der Waals surface area contributed by atoms with Gasteiger partial charge >= 0.3 is 0 Å². The molecule has 2 heterocycles. The van der Waals surface area contributed by atoms with Crippen molar-refractivity contribution in [2.75, 3.05) is 13.2 Å². The van der Waals surface area contributed by atoms with Gasteiger partial charge in [-0.1, -0.05) is 48.4 Å². The highest BCUT2D eigenvalue weighted by atomic mass is 16.5. The number of aryl methyl sites for hydroxylation is 1. The Morgan fingerprint density at radius 1 is 1.23 bits per heavy atom. The molecule has 0 bridgehead atoms. The minimum absolute atomic E-state index is 0.135. The highest BCUT2D eigenvalue weighted by molar-refractivity contribution is 5.79. The van der Waals surface area contributed by atoms with E-state index in [1.165, 1.54) is 0 Å². The molecule has 1 atom stereocenters. The fraction of sp³-hybridized carbons (Fsp3) is 0.550. The third-order valence-electron chi connectivity index (χ3n) is 5.63. The Balaban J connectivity index is 1.50. The zero-order valence-electron chi connectivity index (χ0n) is 15.3. The summed E-state index contributed by atoms with van der Waals surface area (Å²) in [5.41, 5.74) is 3.16. The van der Waals surface area contributed by atoms with Crippen LogP contribution in [-0.4, -0.2) is 39.0 Å². The van der Waals surface area contributed by atoms with Crippen molar-refractivity contribution in [2.24, 2.45) is 13.0 Å². The van der Waals surface area contributed by atoms with Gasteiger partial charge in [-0.2, -0.15) is 0 Å². The molecule has 1 unspecified atom stereocenters. The van der Waals surface area contributed by atoms with Crippen molar-refractivity contribution in [2.45, 2.75) is 44.8 Å². The number of benzene rings is 1. The van der Waals surface area contributed by atoms with Crippen molar-refractivity contribution in [3.63, 3.8) is 0 Å². The van der Waals surface area contributed by atoms with E-state index < -0.39 is 0 Å². The number of carbonyl (C=O) groups excluding carboxylic acids is 1. The lowest BCUT2D eigenvalue weighted by atomic mass is 9.99. The molecule has 4 rings (SSSR count). The highest BCUT2D eigenvalue weighted by Gasteiger charge is 2.37. The number of rotatable bonds is 5. The summed E-state index contributed by atoms with van der Waals surface area (Å²) < 4.78 is 7.83. The molecular formula is C20H26N4O2. The second kappa shape index (κ2) is 7.58. The summed E-state index contributed by atoms with van der Waals surface area (Å²) in [6.07, 6.45) is 5.17. The maximum atomic E-state index is 13.1. The quantitative estimate of drug-likeness (QED) is 0.828. The SMILES string of the molecule is Cn1nnc2c1CCN(C(=O)C1CCCC1)C2COCc1ccccc1. The van der Waals surface area contributed by atoms with Gasteiger partial charge in [0.25, 0.3) is 0 Å². The van der Waals surface area contributed by atoms with Crippen LogP contribution in [0.2, 0.25) is 0 Å². The standard InChI is InChI=1S/C20H26N4O2/c1-23-17-11-12-24(20(25)16-9-5-6-10-16)18(19(17)21-22-23)14-26-13-15-7-3-2-4-8-15/h2-4,7-8,16,18H,5-6,9-14H2,1H3. The molecular weight excluding hydrogens is 328 g/mol. The van der Waals surface area contributed by atoms with Crippen molar-refractivity contribution in [1.82, 2.24) is 19.9 Å². The lowest BCUT2D eigenvalue weighted by molar-refractivity contribution is -0.140. The van der Waals surface area contributed by atoms with Crippen LogP contribution in [0, 0.1) is 5.92 Å². The Hall–Kier alpha value is -2.21. The van der Waals surface area contributed by atoms with E-state index in [4.69, 9.17) is 4.74 Å². The number of carbonyl (C=O) groups is 1. The van der Waals surface area contributed by atoms with Gasteiger partial charge in [-0.05, 0) is 18.4 Å². The Labute approximate surface area is 154 Å². The van der Waals surface area contributed by atoms with E-state index in [1.54, 1.807) is 0 Å². The first-order chi connectivity index (χ1) is 12.7. The summed E-state index contributed by atoms with van der Waals surface area (Å²) in [5.74, 6) is 0.442. The van der Waals surface area contributed by atoms with Crippen molar-refractivity contribution in [1.29, 1.82) is 0 Å². The molecule has 26 heavy (non-hydrogen) atoms. The summed E-state index contributed by atoms with van der Waals surface area (Å²) in [6, 6.07) is 9.99. The minimum atomic E-state index is -0.135. The monoisotopic (exact) mass is 354 g/mol. The molecule has 1 aromatic heterocycles. The molecule has 1 aliphatic heterocycles. The van der Waals surface area contributed by atoms with E-state index in [-0.39, 0.29) is 17.9 Å². The van der Waals surface area contributed by atoms with Gasteiger partial charge in [0.1, 0.15) is 11.7 Å². The van der Waals surface area contributed by atoms with Crippen molar-refractivity contribution in [3.8, 4) is 0 Å². The predicted molar refractivity (Wildman–Crippen MR) is 97.2 cm³/mol. The van der Waals surface area contributed by atoms with Crippen LogP contribution < -0.4 is 0 Å². The van der Waals surface area contributed by atoms with Gasteiger partial charge < -0.3 is 9.64 Å². The first-order valence-electron chi connectivity index (χ1n) is 9.54. The highest BCUT2D eigenvalue weighted by Crippen LogP contribution is 2.33. The predicted octanol–water partition coefficient (Wildman–Crippen LogP) is 2.65. The molecule has 1 aromatic carbocycles. The van der Waals surface area contributed by atoms with Crippen molar-refractivity contribution in [3.05, 3.63) is 47.3 Å². The van der Waals surface area contributed by atoms with E-state index in [0.717, 1.165) is 55.6 Å². The van der Waals surface area contributed by atoms with Gasteiger partial charge in [0, 0.05) is 25.9 Å². The molecule has 0 saturated heterocycles. The molecule has 6 heteroatoms. The Morgan fingerprint density at radius 2 is 2.00 bits per heavy atom. The van der Waals surface area contributed by atoms with Crippen LogP contribution in [-0.2, 0) is 29.6 Å². The van der Waals surface area contributed by atoms with Crippen LogP contribution in [0.15, 0.2) is 30.3 Å². The van der Waals surface area contributed by atoms with Gasteiger partial charge in [-0.3, -0.25) is 9.48 Å². The number of nitrogens with zero attached hydrogens (tertiary/aromatic N) is 4. The van der Waals surface area contributed by atoms with E-state index in [0.29, 0.717) is 13.2 Å². The molecule has 0 spiro atoms. The Bertz CT molecular complexity index is 752. The normalized spacial score (nSPS) is 20.3. The first kappa shape index (κ1) is 17.2. The first-order valence-corrected chi connectivity index (χ1v) is 9.54. The Morgan fingerprint density at radius 3 is 2.77 bits per heavy atom. The third-order valence-corrected chi connectivity index (χ3v) is 5.63. The van der Waals surface area contributed by atoms with E-state index >= 15 is 0 Å². The number of hydrogen-bond donors (Lipinski definition) is 0.